The fourth-order valence-electron chi connectivity index (χ4n) is 5.53. The third-order valence-electron chi connectivity index (χ3n) is 8.65. The van der Waals surface area contributed by atoms with Crippen molar-refractivity contribution in [3.63, 3.8) is 0 Å². The van der Waals surface area contributed by atoms with Crippen LogP contribution in [0.15, 0.2) is 60.8 Å². The Kier molecular flexibility index (Phi) is 33.1. The van der Waals surface area contributed by atoms with Crippen molar-refractivity contribution in [2.45, 2.75) is 161 Å². The first-order chi connectivity index (χ1) is 25.1. The molecule has 0 spiro atoms. The number of nitrogens with zero attached hydrogens (tertiary/aromatic N) is 1. The molecule has 0 saturated carbocycles. The zero-order chi connectivity index (χ0) is 38.5. The van der Waals surface area contributed by atoms with Gasteiger partial charge in [-0.15, -0.1) is 0 Å². The number of ether oxygens (including phenoxy) is 3. The van der Waals surface area contributed by atoms with Crippen molar-refractivity contribution in [3.05, 3.63) is 60.8 Å². The fraction of sp³-hybridized carbons (Fsp3) is 0.705. The minimum absolute atomic E-state index is 0.0276. The highest BCUT2D eigenvalue weighted by Crippen LogP contribution is 2.13. The van der Waals surface area contributed by atoms with Gasteiger partial charge in [-0.25, -0.2) is 0 Å². The molecule has 0 aromatic carbocycles. The lowest BCUT2D eigenvalue weighted by molar-refractivity contribution is -0.889. The van der Waals surface area contributed by atoms with E-state index < -0.39 is 18.1 Å². The molecular weight excluding hydrogens is 654 g/mol. The number of carbonyl (C=O) groups is 3. The molecule has 0 radical (unpaired) electrons. The Bertz CT molecular complexity index is 1040. The van der Waals surface area contributed by atoms with Crippen molar-refractivity contribution in [2.24, 2.45) is 0 Å². The Morgan fingerprint density at radius 3 is 1.50 bits per heavy atom. The Morgan fingerprint density at radius 1 is 0.577 bits per heavy atom. The first kappa shape index (κ1) is 49.0. The number of likely N-dealkylation sites (N-methyl/N-ethyl adjacent to an activating group) is 1. The maximum absolute atomic E-state index is 12.7. The largest absolute Gasteiger partial charge is 0.544 e. The lowest BCUT2D eigenvalue weighted by atomic mass is 10.1. The molecule has 0 amide bonds. The summed E-state index contributed by atoms with van der Waals surface area (Å²) in [7, 11) is 5.38. The second-order valence-electron chi connectivity index (χ2n) is 14.5. The summed E-state index contributed by atoms with van der Waals surface area (Å²) in [6.07, 6.45) is 41.0. The van der Waals surface area contributed by atoms with Gasteiger partial charge >= 0.3 is 11.9 Å². The average molecular weight is 730 g/mol. The zero-order valence-corrected chi connectivity index (χ0v) is 33.7. The molecule has 2 unspecified atom stereocenters. The second kappa shape index (κ2) is 35.1. The third kappa shape index (κ3) is 32.9. The Morgan fingerprint density at radius 2 is 1.02 bits per heavy atom. The fourth-order valence-corrected chi connectivity index (χ4v) is 5.53. The van der Waals surface area contributed by atoms with Crippen LogP contribution in [0.2, 0.25) is 0 Å². The highest BCUT2D eigenvalue weighted by Gasteiger charge is 2.25. The molecule has 2 atom stereocenters. The van der Waals surface area contributed by atoms with E-state index in [2.05, 4.69) is 74.6 Å². The van der Waals surface area contributed by atoms with Crippen molar-refractivity contribution in [1.82, 2.24) is 0 Å². The average Bonchev–Trinajstić information content (AvgIpc) is 3.09. The Balaban J connectivity index is 4.44. The van der Waals surface area contributed by atoms with Crippen LogP contribution < -0.4 is 5.11 Å². The number of quaternary nitrogens is 1. The molecule has 0 fully saturated rings. The van der Waals surface area contributed by atoms with Crippen LogP contribution >= 0.6 is 0 Å². The molecule has 8 nitrogen and oxygen atoms in total. The lowest BCUT2D eigenvalue weighted by Crippen LogP contribution is -2.55. The molecule has 0 N–H and O–H groups in total. The lowest BCUT2D eigenvalue weighted by Gasteiger charge is -2.34. The van der Waals surface area contributed by atoms with Crippen LogP contribution in [0.3, 0.4) is 0 Å². The number of rotatable bonds is 35. The number of aliphatic carboxylic acids is 1. The Labute approximate surface area is 318 Å². The molecule has 0 rings (SSSR count). The molecule has 0 aromatic heterocycles. The van der Waals surface area contributed by atoms with Crippen molar-refractivity contribution in [2.75, 3.05) is 41.0 Å². The van der Waals surface area contributed by atoms with E-state index in [1.165, 1.54) is 19.3 Å². The van der Waals surface area contributed by atoms with Crippen LogP contribution in [0.1, 0.15) is 149 Å². The van der Waals surface area contributed by atoms with Crippen LogP contribution in [0.25, 0.3) is 0 Å². The summed E-state index contributed by atoms with van der Waals surface area (Å²) >= 11 is 0. The SMILES string of the molecule is CC/C=C/C/C=C/C/C=C/CCCCCCC(=O)OCC(COCCC(C(=O)[O-])[N+](C)(C)C)OC(=O)CCCCCCCCC/C=C/C/C=C/CC. The van der Waals surface area contributed by atoms with Crippen molar-refractivity contribution >= 4 is 17.9 Å². The first-order valence-corrected chi connectivity index (χ1v) is 20.3. The number of hydrogen-bond donors (Lipinski definition) is 0. The molecule has 8 heteroatoms. The van der Waals surface area contributed by atoms with Crippen molar-refractivity contribution < 1.29 is 38.2 Å². The van der Waals surface area contributed by atoms with Gasteiger partial charge in [0.25, 0.3) is 0 Å². The van der Waals surface area contributed by atoms with Gasteiger partial charge in [0, 0.05) is 19.3 Å². The summed E-state index contributed by atoms with van der Waals surface area (Å²) in [5, 5.41) is 11.6. The number of carboxylic acids is 1. The number of carbonyl (C=O) groups excluding carboxylic acids is 3. The van der Waals surface area contributed by atoms with Gasteiger partial charge < -0.3 is 28.6 Å². The maximum atomic E-state index is 12.7. The van der Waals surface area contributed by atoms with Gasteiger partial charge in [-0.3, -0.25) is 9.59 Å². The topological polar surface area (TPSA) is 102 Å². The van der Waals surface area contributed by atoms with Gasteiger partial charge in [0.1, 0.15) is 12.6 Å². The van der Waals surface area contributed by atoms with E-state index in [4.69, 9.17) is 14.2 Å². The normalized spacial score (nSPS) is 13.6. The predicted molar refractivity (Wildman–Crippen MR) is 212 cm³/mol. The van der Waals surface area contributed by atoms with Crippen LogP contribution in [0, 0.1) is 0 Å². The van der Waals surface area contributed by atoms with E-state index in [-0.39, 0.29) is 42.7 Å². The molecular formula is C44H75NO7. The highest BCUT2D eigenvalue weighted by atomic mass is 16.6. The molecule has 0 heterocycles. The number of hydrogen-bond acceptors (Lipinski definition) is 7. The summed E-state index contributed by atoms with van der Waals surface area (Å²) in [5.74, 6) is -1.78. The highest BCUT2D eigenvalue weighted by molar-refractivity contribution is 5.70. The molecule has 0 aliphatic rings. The molecule has 0 aromatic rings. The van der Waals surface area contributed by atoms with Gasteiger partial charge in [-0.1, -0.05) is 120 Å². The van der Waals surface area contributed by atoms with Gasteiger partial charge in [0.2, 0.25) is 0 Å². The zero-order valence-electron chi connectivity index (χ0n) is 33.7. The molecule has 298 valence electrons. The van der Waals surface area contributed by atoms with Crippen LogP contribution in [0.4, 0.5) is 0 Å². The van der Waals surface area contributed by atoms with E-state index in [0.717, 1.165) is 96.3 Å². The van der Waals surface area contributed by atoms with E-state index >= 15 is 0 Å². The standard InChI is InChI=1S/C44H75NO7/c1-6-8-10-12-14-16-18-20-22-24-26-28-30-32-34-42(46)51-39-40(38-50-37-36-41(44(48)49)45(3,4)5)52-43(47)35-33-31-29-27-25-23-21-19-17-15-13-11-9-7-2/h8-11,14-17,20,22,40-41H,6-7,12-13,18-19,21,23-39H2,1-5H3/b10-8+,11-9+,16-14+,17-15+,22-20+. The van der Waals surface area contributed by atoms with Crippen molar-refractivity contribution in [1.29, 1.82) is 0 Å². The molecule has 52 heavy (non-hydrogen) atoms. The van der Waals surface area contributed by atoms with Crippen LogP contribution in [0.5, 0.6) is 0 Å². The minimum atomic E-state index is -1.13. The van der Waals surface area contributed by atoms with Crippen LogP contribution in [-0.4, -0.2) is 75.5 Å². The number of esters is 2. The summed E-state index contributed by atoms with van der Waals surface area (Å²) in [6, 6.07) is -0.732. The van der Waals surface area contributed by atoms with Gasteiger partial charge in [0.15, 0.2) is 6.10 Å². The maximum Gasteiger partial charge on any atom is 0.306 e. The monoisotopic (exact) mass is 730 g/mol. The van der Waals surface area contributed by atoms with E-state index in [1.54, 1.807) is 21.1 Å². The third-order valence-corrected chi connectivity index (χ3v) is 8.65. The Hall–Kier alpha value is -2.97. The number of unbranched alkanes of at least 4 members (excludes halogenated alkanes) is 11. The number of carboxylic acid groups (broad SMARTS) is 1. The van der Waals surface area contributed by atoms with E-state index in [9.17, 15) is 19.5 Å². The van der Waals surface area contributed by atoms with Gasteiger partial charge in [-0.05, 0) is 70.6 Å². The minimum Gasteiger partial charge on any atom is -0.544 e. The quantitative estimate of drug-likeness (QED) is 0.0277. The summed E-state index contributed by atoms with van der Waals surface area (Å²) in [6.45, 7) is 4.39. The molecule has 0 aliphatic carbocycles. The molecule has 0 bridgehead atoms. The van der Waals surface area contributed by atoms with Gasteiger partial charge in [0.05, 0.1) is 40.3 Å². The first-order valence-electron chi connectivity index (χ1n) is 20.3. The van der Waals surface area contributed by atoms with Crippen molar-refractivity contribution in [3.8, 4) is 0 Å². The van der Waals surface area contributed by atoms with E-state index in [0.29, 0.717) is 12.8 Å². The predicted octanol–water partition coefficient (Wildman–Crippen LogP) is 9.30. The van der Waals surface area contributed by atoms with Crippen LogP contribution in [-0.2, 0) is 28.6 Å². The summed E-state index contributed by atoms with van der Waals surface area (Å²) < 4.78 is 17.1. The van der Waals surface area contributed by atoms with E-state index in [1.807, 2.05) is 0 Å². The van der Waals surface area contributed by atoms with Gasteiger partial charge in [-0.2, -0.15) is 0 Å². The number of allylic oxidation sites excluding steroid dienone is 10. The molecule has 0 aliphatic heterocycles. The second-order valence-corrected chi connectivity index (χ2v) is 14.5. The summed E-state index contributed by atoms with van der Waals surface area (Å²) in [5.41, 5.74) is 0. The molecule has 0 saturated heterocycles. The summed E-state index contributed by atoms with van der Waals surface area (Å²) in [4.78, 5) is 36.7. The smallest absolute Gasteiger partial charge is 0.306 e.